The molecule has 0 spiro atoms. The Kier molecular flexibility index (Phi) is 5.98. The number of nitrogens with one attached hydrogen (secondary N) is 2. The largest absolute Gasteiger partial charge is 0.360 e. The zero-order chi connectivity index (χ0) is 15.0. The Morgan fingerprint density at radius 3 is 2.75 bits per heavy atom. The molecule has 5 heteroatoms. The Morgan fingerprint density at radius 1 is 1.40 bits per heavy atom. The van der Waals surface area contributed by atoms with Crippen molar-refractivity contribution in [3.63, 3.8) is 0 Å². The van der Waals surface area contributed by atoms with E-state index < -0.39 is 5.91 Å². The van der Waals surface area contributed by atoms with Crippen molar-refractivity contribution in [2.24, 2.45) is 0 Å². The summed E-state index contributed by atoms with van der Waals surface area (Å²) in [5.41, 5.74) is 1.69. The van der Waals surface area contributed by atoms with Crippen molar-refractivity contribution in [3.05, 3.63) is 41.6 Å². The first-order valence-corrected chi connectivity index (χ1v) is 6.34. The Labute approximate surface area is 118 Å². The van der Waals surface area contributed by atoms with Crippen LogP contribution in [0.2, 0.25) is 0 Å². The molecule has 5 nitrogen and oxygen atoms in total. The molecule has 0 aliphatic heterocycles. The van der Waals surface area contributed by atoms with E-state index in [1.807, 2.05) is 38.1 Å². The van der Waals surface area contributed by atoms with Gasteiger partial charge < -0.3 is 5.32 Å². The van der Waals surface area contributed by atoms with E-state index in [2.05, 4.69) is 10.6 Å². The lowest BCUT2D eigenvalue weighted by atomic mass is 10.2. The molecule has 0 unspecified atom stereocenters. The fourth-order valence-corrected chi connectivity index (χ4v) is 1.52. The summed E-state index contributed by atoms with van der Waals surface area (Å²) < 4.78 is 0. The summed E-state index contributed by atoms with van der Waals surface area (Å²) in [5.74, 6) is -1.07. The maximum absolute atomic E-state index is 11.7. The Morgan fingerprint density at radius 2 is 2.15 bits per heavy atom. The van der Waals surface area contributed by atoms with Gasteiger partial charge in [0.15, 0.2) is 0 Å². The normalized spacial score (nSPS) is 10.6. The maximum atomic E-state index is 11.7. The summed E-state index contributed by atoms with van der Waals surface area (Å²) >= 11 is 0. The first-order chi connectivity index (χ1) is 9.56. The van der Waals surface area contributed by atoms with Gasteiger partial charge in [-0.15, -0.1) is 0 Å². The number of nitriles is 1. The highest BCUT2D eigenvalue weighted by Crippen LogP contribution is 2.10. The number of nitrogens with zero attached hydrogens (tertiary/aromatic N) is 1. The van der Waals surface area contributed by atoms with Crippen molar-refractivity contribution >= 4 is 17.5 Å². The second-order valence-electron chi connectivity index (χ2n) is 4.31. The lowest BCUT2D eigenvalue weighted by Crippen LogP contribution is -2.31. The van der Waals surface area contributed by atoms with Crippen molar-refractivity contribution in [1.82, 2.24) is 5.32 Å². The van der Waals surface area contributed by atoms with Crippen LogP contribution in [-0.4, -0.2) is 11.8 Å². The number of carbonyl (C=O) groups is 2. The smallest absolute Gasteiger partial charge is 0.269 e. The van der Waals surface area contributed by atoms with Crippen molar-refractivity contribution in [2.75, 3.05) is 5.32 Å². The van der Waals surface area contributed by atoms with Gasteiger partial charge in [0.1, 0.15) is 11.6 Å². The second kappa shape index (κ2) is 7.74. The Bertz CT molecular complexity index is 571. The molecule has 0 atom stereocenters. The number of benzene rings is 1. The Hall–Kier alpha value is -2.61. The molecule has 0 aliphatic carbocycles. The molecule has 2 amide bonds. The molecule has 0 heterocycles. The summed E-state index contributed by atoms with van der Waals surface area (Å²) in [5, 5.41) is 14.0. The lowest BCUT2D eigenvalue weighted by Gasteiger charge is -2.04. The van der Waals surface area contributed by atoms with Crippen molar-refractivity contribution in [3.8, 4) is 6.07 Å². The highest BCUT2D eigenvalue weighted by atomic mass is 16.2. The topological polar surface area (TPSA) is 82.0 Å². The third-order valence-electron chi connectivity index (χ3n) is 2.50. The van der Waals surface area contributed by atoms with Gasteiger partial charge in [0, 0.05) is 18.3 Å². The molecular weight excluding hydrogens is 254 g/mol. The number of imide groups is 1. The SMILES string of the molecule is CCCC(=O)NC(=O)/C(C#N)=C/Nc1cccc(C)c1. The van der Waals surface area contributed by atoms with Gasteiger partial charge in [0.2, 0.25) is 5.91 Å². The van der Waals surface area contributed by atoms with Gasteiger partial charge in [-0.3, -0.25) is 14.9 Å². The summed E-state index contributed by atoms with van der Waals surface area (Å²) in [6, 6.07) is 9.27. The number of carbonyl (C=O) groups excluding carboxylic acids is 2. The number of hydrogen-bond donors (Lipinski definition) is 2. The highest BCUT2D eigenvalue weighted by molar-refractivity contribution is 6.06. The molecule has 0 aromatic heterocycles. The van der Waals surface area contributed by atoms with Crippen LogP contribution in [0.3, 0.4) is 0 Å². The summed E-state index contributed by atoms with van der Waals surface area (Å²) in [4.78, 5) is 23.0. The fourth-order valence-electron chi connectivity index (χ4n) is 1.52. The zero-order valence-electron chi connectivity index (χ0n) is 11.6. The van der Waals surface area contributed by atoms with E-state index in [0.717, 1.165) is 11.3 Å². The quantitative estimate of drug-likeness (QED) is 0.635. The molecule has 1 aromatic rings. The molecule has 1 aromatic carbocycles. The molecule has 0 bridgehead atoms. The zero-order valence-corrected chi connectivity index (χ0v) is 11.6. The molecule has 0 aliphatic rings. The van der Waals surface area contributed by atoms with E-state index in [1.54, 1.807) is 6.07 Å². The maximum Gasteiger partial charge on any atom is 0.269 e. The average molecular weight is 271 g/mol. The lowest BCUT2D eigenvalue weighted by molar-refractivity contribution is -0.128. The molecule has 0 radical (unpaired) electrons. The predicted octanol–water partition coefficient (Wildman–Crippen LogP) is 2.26. The van der Waals surface area contributed by atoms with Gasteiger partial charge in [-0.05, 0) is 31.0 Å². The number of hydrogen-bond acceptors (Lipinski definition) is 4. The van der Waals surface area contributed by atoms with Crippen molar-refractivity contribution in [2.45, 2.75) is 26.7 Å². The Balaban J connectivity index is 2.70. The van der Waals surface area contributed by atoms with Crippen molar-refractivity contribution in [1.29, 1.82) is 5.26 Å². The van der Waals surface area contributed by atoms with Gasteiger partial charge in [0.05, 0.1) is 0 Å². The van der Waals surface area contributed by atoms with Gasteiger partial charge >= 0.3 is 0 Å². The highest BCUT2D eigenvalue weighted by Gasteiger charge is 2.12. The number of aryl methyl sites for hydroxylation is 1. The van der Waals surface area contributed by atoms with E-state index in [0.29, 0.717) is 6.42 Å². The minimum absolute atomic E-state index is 0.143. The molecule has 0 saturated carbocycles. The van der Waals surface area contributed by atoms with Crippen LogP contribution in [-0.2, 0) is 9.59 Å². The summed E-state index contributed by atoms with van der Waals surface area (Å²) in [6.07, 6.45) is 2.20. The number of amides is 2. The van der Waals surface area contributed by atoms with E-state index in [1.165, 1.54) is 6.20 Å². The summed E-state index contributed by atoms with van der Waals surface area (Å²) in [7, 11) is 0. The average Bonchev–Trinajstić information content (AvgIpc) is 2.39. The van der Waals surface area contributed by atoms with E-state index in [-0.39, 0.29) is 17.9 Å². The van der Waals surface area contributed by atoms with Gasteiger partial charge in [-0.25, -0.2) is 0 Å². The minimum atomic E-state index is -0.689. The third kappa shape index (κ3) is 4.94. The molecule has 2 N–H and O–H groups in total. The van der Waals surface area contributed by atoms with E-state index in [4.69, 9.17) is 5.26 Å². The van der Waals surface area contributed by atoms with Gasteiger partial charge in [-0.1, -0.05) is 19.1 Å². The first-order valence-electron chi connectivity index (χ1n) is 6.34. The predicted molar refractivity (Wildman–Crippen MR) is 76.6 cm³/mol. The molecule has 20 heavy (non-hydrogen) atoms. The molecule has 0 saturated heterocycles. The van der Waals surface area contributed by atoms with E-state index >= 15 is 0 Å². The van der Waals surface area contributed by atoms with Crippen LogP contribution in [0.25, 0.3) is 0 Å². The molecule has 0 fully saturated rings. The monoisotopic (exact) mass is 271 g/mol. The van der Waals surface area contributed by atoms with Crippen LogP contribution in [0.5, 0.6) is 0 Å². The number of rotatable bonds is 5. The van der Waals surface area contributed by atoms with Crippen LogP contribution in [0.15, 0.2) is 36.0 Å². The standard InChI is InChI=1S/C15H17N3O2/c1-3-5-14(19)18-15(20)12(9-16)10-17-13-7-4-6-11(2)8-13/h4,6-8,10,17H,3,5H2,1-2H3,(H,18,19,20)/b12-10+. The van der Waals surface area contributed by atoms with Crippen LogP contribution in [0.4, 0.5) is 5.69 Å². The van der Waals surface area contributed by atoms with Crippen LogP contribution in [0, 0.1) is 18.3 Å². The van der Waals surface area contributed by atoms with Gasteiger partial charge in [-0.2, -0.15) is 5.26 Å². The molecule has 1 rings (SSSR count). The van der Waals surface area contributed by atoms with E-state index in [9.17, 15) is 9.59 Å². The molecule has 104 valence electrons. The summed E-state index contributed by atoms with van der Waals surface area (Å²) in [6.45, 7) is 3.78. The minimum Gasteiger partial charge on any atom is -0.360 e. The van der Waals surface area contributed by atoms with Crippen LogP contribution in [0.1, 0.15) is 25.3 Å². The number of anilines is 1. The fraction of sp³-hybridized carbons (Fsp3) is 0.267. The third-order valence-corrected chi connectivity index (χ3v) is 2.50. The van der Waals surface area contributed by atoms with Crippen LogP contribution >= 0.6 is 0 Å². The molecular formula is C15H17N3O2. The van der Waals surface area contributed by atoms with Crippen LogP contribution < -0.4 is 10.6 Å². The second-order valence-corrected chi connectivity index (χ2v) is 4.31. The van der Waals surface area contributed by atoms with Gasteiger partial charge in [0.25, 0.3) is 5.91 Å². The van der Waals surface area contributed by atoms with Crippen molar-refractivity contribution < 1.29 is 9.59 Å². The first kappa shape index (κ1) is 15.4.